The van der Waals surface area contributed by atoms with E-state index < -0.39 is 36.5 Å². The first-order valence-electron chi connectivity index (χ1n) is 9.44. The third kappa shape index (κ3) is 4.32. The molecule has 0 amide bonds. The first-order chi connectivity index (χ1) is 15.3. The summed E-state index contributed by atoms with van der Waals surface area (Å²) < 4.78 is 83.3. The highest BCUT2D eigenvalue weighted by Gasteiger charge is 2.44. The average Bonchev–Trinajstić information content (AvgIpc) is 3.26. The van der Waals surface area contributed by atoms with Gasteiger partial charge in [0.1, 0.15) is 0 Å². The fraction of sp³-hybridized carbons (Fsp3) is 0.238. The molecule has 1 aromatic heterocycles. The molecule has 0 spiro atoms. The first-order valence-corrected chi connectivity index (χ1v) is 9.44. The Bertz CT molecular complexity index is 1290. The molecule has 6 nitrogen and oxygen atoms in total. The Kier molecular flexibility index (Phi) is 5.26. The van der Waals surface area contributed by atoms with E-state index in [0.717, 1.165) is 5.56 Å². The maximum absolute atomic E-state index is 13.2. The summed E-state index contributed by atoms with van der Waals surface area (Å²) in [6, 6.07) is 9.50. The first kappa shape index (κ1) is 22.5. The lowest BCUT2D eigenvalue weighted by molar-refractivity contribution is -0.150. The van der Waals surface area contributed by atoms with Crippen LogP contribution >= 0.6 is 0 Å². The van der Waals surface area contributed by atoms with Gasteiger partial charge >= 0.3 is 18.3 Å². The van der Waals surface area contributed by atoms with Crippen molar-refractivity contribution in [3.05, 3.63) is 75.9 Å². The second-order valence-corrected chi connectivity index (χ2v) is 7.34. The SMILES string of the molecule is Cc1cc(Cn2nc(C(F)(F)F)nc2C(F)(F)F)ccc1N=C1OC(=O)c2c(C)cccc21. The Balaban J connectivity index is 1.66. The highest BCUT2D eigenvalue weighted by atomic mass is 19.4. The summed E-state index contributed by atoms with van der Waals surface area (Å²) in [6.07, 6.45) is -10.2. The van der Waals surface area contributed by atoms with Gasteiger partial charge in [-0.25, -0.2) is 14.5 Å². The molecule has 0 aliphatic carbocycles. The minimum atomic E-state index is -5.12. The molecular formula is C21H14F6N4O2. The van der Waals surface area contributed by atoms with Crippen molar-refractivity contribution < 1.29 is 35.9 Å². The van der Waals surface area contributed by atoms with Crippen LogP contribution in [0.25, 0.3) is 0 Å². The Labute approximate surface area is 182 Å². The van der Waals surface area contributed by atoms with Gasteiger partial charge in [-0.05, 0) is 42.7 Å². The fourth-order valence-corrected chi connectivity index (χ4v) is 3.40. The number of rotatable bonds is 3. The number of benzene rings is 2. The van der Waals surface area contributed by atoms with Crippen molar-refractivity contribution in [2.75, 3.05) is 0 Å². The lowest BCUT2D eigenvalue weighted by Crippen LogP contribution is -2.16. The largest absolute Gasteiger partial charge is 0.453 e. The van der Waals surface area contributed by atoms with E-state index in [2.05, 4.69) is 15.1 Å². The molecule has 0 saturated heterocycles. The second kappa shape index (κ2) is 7.71. The summed E-state index contributed by atoms with van der Waals surface area (Å²) in [6.45, 7) is 2.78. The maximum atomic E-state index is 13.2. The van der Waals surface area contributed by atoms with Crippen LogP contribution in [0, 0.1) is 13.8 Å². The number of ether oxygens (including phenoxy) is 1. The van der Waals surface area contributed by atoms with Crippen LogP contribution in [0.5, 0.6) is 0 Å². The van der Waals surface area contributed by atoms with E-state index in [1.165, 1.54) is 18.2 Å². The number of hydrogen-bond donors (Lipinski definition) is 0. The summed E-state index contributed by atoms with van der Waals surface area (Å²) in [5.41, 5.74) is 2.77. The van der Waals surface area contributed by atoms with Crippen LogP contribution in [0.2, 0.25) is 0 Å². The number of cyclic esters (lactones) is 1. The molecule has 1 aliphatic rings. The number of aryl methyl sites for hydroxylation is 2. The van der Waals surface area contributed by atoms with Crippen LogP contribution in [0.3, 0.4) is 0 Å². The Morgan fingerprint density at radius 2 is 1.73 bits per heavy atom. The summed E-state index contributed by atoms with van der Waals surface area (Å²) >= 11 is 0. The van der Waals surface area contributed by atoms with Crippen LogP contribution in [0.4, 0.5) is 32.0 Å². The lowest BCUT2D eigenvalue weighted by Gasteiger charge is -2.10. The Hall–Kier alpha value is -3.70. The molecule has 0 unspecified atom stereocenters. The van der Waals surface area contributed by atoms with Gasteiger partial charge in [0, 0.05) is 0 Å². The van der Waals surface area contributed by atoms with Crippen LogP contribution in [-0.2, 0) is 23.6 Å². The van der Waals surface area contributed by atoms with Gasteiger partial charge in [-0.15, -0.1) is 5.10 Å². The molecule has 0 radical (unpaired) electrons. The van der Waals surface area contributed by atoms with Crippen molar-refractivity contribution in [2.24, 2.45) is 4.99 Å². The molecule has 2 aromatic carbocycles. The average molecular weight is 468 g/mol. The van der Waals surface area contributed by atoms with Crippen molar-refractivity contribution >= 4 is 17.6 Å². The molecule has 12 heteroatoms. The van der Waals surface area contributed by atoms with Crippen molar-refractivity contribution in [3.8, 4) is 0 Å². The summed E-state index contributed by atoms with van der Waals surface area (Å²) in [7, 11) is 0. The monoisotopic (exact) mass is 468 g/mol. The van der Waals surface area contributed by atoms with Gasteiger partial charge in [0.05, 0.1) is 23.4 Å². The Morgan fingerprint density at radius 3 is 2.36 bits per heavy atom. The van der Waals surface area contributed by atoms with E-state index in [9.17, 15) is 31.1 Å². The minimum absolute atomic E-state index is 0.0833. The lowest BCUT2D eigenvalue weighted by atomic mass is 10.0. The number of hydrogen-bond acceptors (Lipinski definition) is 5. The molecular weight excluding hydrogens is 454 g/mol. The standard InChI is InChI=1S/C21H14F6N4O2/c1-10-4-3-5-13-15(10)17(32)33-16(13)28-14-7-6-12(8-11(14)2)9-31-19(21(25,26)27)29-18(30-31)20(22,23)24/h3-8H,9H2,1-2H3. The Morgan fingerprint density at radius 1 is 1.00 bits per heavy atom. The predicted octanol–water partition coefficient (Wildman–Crippen LogP) is 5.23. The zero-order valence-electron chi connectivity index (χ0n) is 17.0. The van der Waals surface area contributed by atoms with Crippen molar-refractivity contribution in [3.63, 3.8) is 0 Å². The van der Waals surface area contributed by atoms with Crippen LogP contribution in [0.1, 0.15) is 44.3 Å². The van der Waals surface area contributed by atoms with E-state index >= 15 is 0 Å². The van der Waals surface area contributed by atoms with Crippen molar-refractivity contribution in [1.82, 2.24) is 14.8 Å². The van der Waals surface area contributed by atoms with Gasteiger partial charge in [0.25, 0.3) is 5.82 Å². The van der Waals surface area contributed by atoms with Gasteiger partial charge in [-0.1, -0.05) is 24.3 Å². The minimum Gasteiger partial charge on any atom is -0.403 e. The molecule has 0 N–H and O–H groups in total. The maximum Gasteiger partial charge on any atom is 0.453 e. The van der Waals surface area contributed by atoms with E-state index in [0.29, 0.717) is 22.4 Å². The van der Waals surface area contributed by atoms with E-state index in [1.54, 1.807) is 32.0 Å². The second-order valence-electron chi connectivity index (χ2n) is 7.34. The summed E-state index contributed by atoms with van der Waals surface area (Å²) in [5.74, 6) is -4.07. The molecule has 0 saturated carbocycles. The number of carbonyl (C=O) groups excluding carboxylic acids is 1. The van der Waals surface area contributed by atoms with Gasteiger partial charge in [-0.2, -0.15) is 31.3 Å². The molecule has 4 rings (SSSR count). The van der Waals surface area contributed by atoms with E-state index in [-0.39, 0.29) is 16.1 Å². The van der Waals surface area contributed by atoms with Crippen LogP contribution in [0.15, 0.2) is 41.4 Å². The third-order valence-corrected chi connectivity index (χ3v) is 4.89. The van der Waals surface area contributed by atoms with Gasteiger partial charge < -0.3 is 4.74 Å². The number of aliphatic imine (C=N–C) groups is 1. The molecule has 33 heavy (non-hydrogen) atoms. The smallest absolute Gasteiger partial charge is 0.403 e. The number of halogens is 6. The molecule has 172 valence electrons. The zero-order valence-corrected chi connectivity index (χ0v) is 17.0. The quantitative estimate of drug-likeness (QED) is 0.390. The summed E-state index contributed by atoms with van der Waals surface area (Å²) in [5, 5.41) is 3.00. The van der Waals surface area contributed by atoms with E-state index in [4.69, 9.17) is 4.74 Å². The number of esters is 1. The molecule has 3 aromatic rings. The molecule has 2 heterocycles. The van der Waals surface area contributed by atoms with Gasteiger partial charge in [-0.3, -0.25) is 0 Å². The van der Waals surface area contributed by atoms with E-state index in [1.807, 2.05) is 0 Å². The highest BCUT2D eigenvalue weighted by Crippen LogP contribution is 2.33. The normalized spacial score (nSPS) is 15.2. The predicted molar refractivity (Wildman–Crippen MR) is 103 cm³/mol. The van der Waals surface area contributed by atoms with Gasteiger partial charge in [0.2, 0.25) is 11.7 Å². The summed E-state index contributed by atoms with van der Waals surface area (Å²) in [4.78, 5) is 19.1. The number of fused-ring (bicyclic) bond motifs is 1. The third-order valence-electron chi connectivity index (χ3n) is 4.89. The highest BCUT2D eigenvalue weighted by molar-refractivity contribution is 6.18. The molecule has 0 atom stereocenters. The van der Waals surface area contributed by atoms with Crippen molar-refractivity contribution in [1.29, 1.82) is 0 Å². The molecule has 0 fully saturated rings. The van der Waals surface area contributed by atoms with Gasteiger partial charge in [0.15, 0.2) is 0 Å². The number of aromatic nitrogens is 3. The van der Waals surface area contributed by atoms with Crippen LogP contribution < -0.4 is 0 Å². The van der Waals surface area contributed by atoms with Crippen molar-refractivity contribution in [2.45, 2.75) is 32.7 Å². The number of nitrogens with zero attached hydrogens (tertiary/aromatic N) is 4. The topological polar surface area (TPSA) is 69.4 Å². The van der Waals surface area contributed by atoms with Crippen LogP contribution in [-0.4, -0.2) is 26.6 Å². The molecule has 1 aliphatic heterocycles. The number of alkyl halides is 6. The number of carbonyl (C=O) groups is 1. The molecule has 0 bridgehead atoms. The zero-order chi connectivity index (χ0) is 24.1. The fourth-order valence-electron chi connectivity index (χ4n) is 3.40.